The molecular formula is C21H15ClN4O6S. The maximum Gasteiger partial charge on any atom is 0.328 e. The standard InChI is InChI=1S/C21H15ClN4O6S/c1-23-15-7-12(14(26(31)32)9-16(15)24(2)20(23)29)8-18-19(28)25(21(30)33-18)10-17(27)11-3-5-13(22)6-4-11/h3-9H,10H2,1-2H3/b18-8-. The lowest BCUT2D eigenvalue weighted by Gasteiger charge is -2.11. The number of imide groups is 1. The van der Waals surface area contributed by atoms with Crippen LogP contribution in [0.15, 0.2) is 46.1 Å². The average molecular weight is 487 g/mol. The number of carbonyl (C=O) groups excluding carboxylic acids is 3. The maximum absolute atomic E-state index is 12.8. The minimum atomic E-state index is -0.733. The number of halogens is 1. The van der Waals surface area contributed by atoms with Gasteiger partial charge in [0.2, 0.25) is 0 Å². The van der Waals surface area contributed by atoms with Crippen LogP contribution in [0.25, 0.3) is 17.1 Å². The Labute approximate surface area is 195 Å². The number of amides is 2. The van der Waals surface area contributed by atoms with Gasteiger partial charge in [-0.25, -0.2) is 4.79 Å². The molecule has 0 spiro atoms. The fourth-order valence-corrected chi connectivity index (χ4v) is 4.43. The second-order valence-electron chi connectivity index (χ2n) is 7.26. The van der Waals surface area contributed by atoms with Gasteiger partial charge >= 0.3 is 5.69 Å². The second kappa shape index (κ2) is 8.34. The SMILES string of the molecule is Cn1c(=O)n(C)c2cc([N+](=O)[O-])c(/C=C3\SC(=O)N(CC(=O)c4ccc(Cl)cc4)C3=O)cc21. The molecule has 0 bridgehead atoms. The molecule has 0 unspecified atom stereocenters. The van der Waals surface area contributed by atoms with Crippen LogP contribution in [0.2, 0.25) is 5.02 Å². The first-order valence-electron chi connectivity index (χ1n) is 9.46. The van der Waals surface area contributed by atoms with Crippen molar-refractivity contribution in [3.8, 4) is 0 Å². The predicted molar refractivity (Wildman–Crippen MR) is 123 cm³/mol. The number of hydrogen-bond acceptors (Lipinski definition) is 7. The number of carbonyl (C=O) groups is 3. The quantitative estimate of drug-likeness (QED) is 0.234. The van der Waals surface area contributed by atoms with Crippen LogP contribution < -0.4 is 5.69 Å². The van der Waals surface area contributed by atoms with E-state index in [0.717, 1.165) is 4.90 Å². The first kappa shape index (κ1) is 22.5. The number of nitrogens with zero attached hydrogens (tertiary/aromatic N) is 4. The van der Waals surface area contributed by atoms with Crippen molar-refractivity contribution in [1.82, 2.24) is 14.0 Å². The van der Waals surface area contributed by atoms with Crippen LogP contribution >= 0.6 is 23.4 Å². The fourth-order valence-electron chi connectivity index (χ4n) is 3.47. The predicted octanol–water partition coefficient (Wildman–Crippen LogP) is 3.36. The number of Topliss-reactive ketones (excluding diaryl/α,β-unsaturated/α-hetero) is 1. The van der Waals surface area contributed by atoms with Gasteiger partial charge in [0.25, 0.3) is 16.8 Å². The Morgan fingerprint density at radius 3 is 2.30 bits per heavy atom. The third kappa shape index (κ3) is 3.96. The zero-order valence-electron chi connectivity index (χ0n) is 17.3. The van der Waals surface area contributed by atoms with Crippen molar-refractivity contribution in [2.75, 3.05) is 6.54 Å². The minimum Gasteiger partial charge on any atom is -0.295 e. The summed E-state index contributed by atoms with van der Waals surface area (Å²) in [6, 6.07) is 8.69. The second-order valence-corrected chi connectivity index (χ2v) is 8.69. The Hall–Kier alpha value is -3.70. The molecule has 10 nitrogen and oxygen atoms in total. The Morgan fingerprint density at radius 2 is 1.70 bits per heavy atom. The Kier molecular flexibility index (Phi) is 5.68. The molecule has 1 aromatic heterocycles. The van der Waals surface area contributed by atoms with E-state index in [0.29, 0.717) is 27.8 Å². The van der Waals surface area contributed by atoms with Gasteiger partial charge in [-0.2, -0.15) is 0 Å². The number of thioether (sulfide) groups is 1. The van der Waals surface area contributed by atoms with E-state index in [9.17, 15) is 29.3 Å². The van der Waals surface area contributed by atoms with Gasteiger partial charge in [-0.05, 0) is 48.2 Å². The molecule has 2 heterocycles. The number of fused-ring (bicyclic) bond motifs is 1. The number of aryl methyl sites for hydroxylation is 2. The maximum atomic E-state index is 12.8. The van der Waals surface area contributed by atoms with Gasteiger partial charge in [-0.1, -0.05) is 11.6 Å². The zero-order valence-corrected chi connectivity index (χ0v) is 18.8. The summed E-state index contributed by atoms with van der Waals surface area (Å²) in [4.78, 5) is 61.7. The first-order chi connectivity index (χ1) is 15.6. The number of nitro benzene ring substituents is 1. The largest absolute Gasteiger partial charge is 0.328 e. The number of hydrogen-bond donors (Lipinski definition) is 0. The highest BCUT2D eigenvalue weighted by Crippen LogP contribution is 2.35. The van der Waals surface area contributed by atoms with Crippen molar-refractivity contribution in [3.05, 3.63) is 78.1 Å². The van der Waals surface area contributed by atoms with Crippen LogP contribution in [0, 0.1) is 10.1 Å². The summed E-state index contributed by atoms with van der Waals surface area (Å²) in [5.74, 6) is -1.19. The number of nitro groups is 1. The molecule has 1 aliphatic rings. The van der Waals surface area contributed by atoms with Crippen molar-refractivity contribution in [1.29, 1.82) is 0 Å². The van der Waals surface area contributed by atoms with Gasteiger partial charge in [0.15, 0.2) is 5.78 Å². The third-order valence-electron chi connectivity index (χ3n) is 5.25. The molecular weight excluding hydrogens is 472 g/mol. The highest BCUT2D eigenvalue weighted by molar-refractivity contribution is 8.18. The van der Waals surface area contributed by atoms with Crippen LogP contribution in [-0.4, -0.2) is 42.4 Å². The van der Waals surface area contributed by atoms with Crippen molar-refractivity contribution in [2.24, 2.45) is 14.1 Å². The lowest BCUT2D eigenvalue weighted by molar-refractivity contribution is -0.385. The van der Waals surface area contributed by atoms with Crippen molar-refractivity contribution < 1.29 is 19.3 Å². The smallest absolute Gasteiger partial charge is 0.295 e. The van der Waals surface area contributed by atoms with Crippen LogP contribution in [-0.2, 0) is 18.9 Å². The van der Waals surface area contributed by atoms with Crippen LogP contribution in [0.4, 0.5) is 10.5 Å². The molecule has 0 N–H and O–H groups in total. The van der Waals surface area contributed by atoms with E-state index in [1.54, 1.807) is 0 Å². The summed E-state index contributed by atoms with van der Waals surface area (Å²) in [5, 5.41) is 11.4. The molecule has 3 aromatic rings. The van der Waals surface area contributed by atoms with Crippen molar-refractivity contribution >= 4 is 63.1 Å². The third-order valence-corrected chi connectivity index (χ3v) is 6.40. The molecule has 0 atom stereocenters. The molecule has 1 aliphatic heterocycles. The summed E-state index contributed by atoms with van der Waals surface area (Å²) in [6.45, 7) is -0.474. The van der Waals surface area contributed by atoms with Crippen LogP contribution in [0.3, 0.4) is 0 Å². The van der Waals surface area contributed by atoms with Gasteiger partial charge in [0, 0.05) is 30.7 Å². The van der Waals surface area contributed by atoms with Gasteiger partial charge in [-0.3, -0.25) is 38.5 Å². The Balaban J connectivity index is 1.69. The minimum absolute atomic E-state index is 0.0585. The number of aromatic nitrogens is 2. The normalized spacial score (nSPS) is 15.1. The molecule has 0 radical (unpaired) electrons. The van der Waals surface area contributed by atoms with Crippen LogP contribution in [0.5, 0.6) is 0 Å². The number of rotatable bonds is 5. The molecule has 1 fully saturated rings. The Morgan fingerprint density at radius 1 is 1.09 bits per heavy atom. The van der Waals surface area contributed by atoms with Gasteiger partial charge in [0.1, 0.15) is 0 Å². The number of imidazole rings is 1. The highest BCUT2D eigenvalue weighted by Gasteiger charge is 2.37. The van der Waals surface area contributed by atoms with Gasteiger partial charge < -0.3 is 0 Å². The molecule has 0 aliphatic carbocycles. The Bertz CT molecular complexity index is 1450. The summed E-state index contributed by atoms with van der Waals surface area (Å²) >= 11 is 6.39. The molecule has 0 saturated carbocycles. The molecule has 1 saturated heterocycles. The van der Waals surface area contributed by atoms with E-state index in [4.69, 9.17) is 11.6 Å². The number of ketones is 1. The van der Waals surface area contributed by atoms with E-state index in [2.05, 4.69) is 0 Å². The average Bonchev–Trinajstić information content (AvgIpc) is 3.15. The molecule has 4 rings (SSSR count). The van der Waals surface area contributed by atoms with Gasteiger partial charge in [-0.15, -0.1) is 0 Å². The van der Waals surface area contributed by atoms with E-state index in [1.165, 1.54) is 65.7 Å². The summed E-state index contributed by atoms with van der Waals surface area (Å²) in [7, 11) is 3.02. The van der Waals surface area contributed by atoms with Crippen molar-refractivity contribution in [2.45, 2.75) is 0 Å². The highest BCUT2D eigenvalue weighted by atomic mass is 35.5. The topological polar surface area (TPSA) is 125 Å². The molecule has 2 aromatic carbocycles. The van der Waals surface area contributed by atoms with E-state index in [1.807, 2.05) is 0 Å². The molecule has 168 valence electrons. The van der Waals surface area contributed by atoms with Crippen LogP contribution in [0.1, 0.15) is 15.9 Å². The lowest BCUT2D eigenvalue weighted by Crippen LogP contribution is -2.33. The van der Waals surface area contributed by atoms with E-state index in [-0.39, 0.29) is 27.4 Å². The monoisotopic (exact) mass is 486 g/mol. The fraction of sp³-hybridized carbons (Fsp3) is 0.143. The van der Waals surface area contributed by atoms with Crippen molar-refractivity contribution in [3.63, 3.8) is 0 Å². The van der Waals surface area contributed by atoms with Gasteiger partial charge in [0.05, 0.1) is 33.0 Å². The summed E-state index contributed by atoms with van der Waals surface area (Å²) in [6.07, 6.45) is 1.23. The van der Waals surface area contributed by atoms with E-state index < -0.39 is 28.4 Å². The van der Waals surface area contributed by atoms with E-state index >= 15 is 0 Å². The molecule has 2 amide bonds. The lowest BCUT2D eigenvalue weighted by atomic mass is 10.1. The zero-order chi connectivity index (χ0) is 24.0. The first-order valence-corrected chi connectivity index (χ1v) is 10.7. The number of benzene rings is 2. The molecule has 33 heavy (non-hydrogen) atoms. The summed E-state index contributed by atoms with van der Waals surface area (Å²) < 4.78 is 2.61. The molecule has 12 heteroatoms. The summed E-state index contributed by atoms with van der Waals surface area (Å²) in [5.41, 5.74) is 0.437.